The molecule has 0 bridgehead atoms. The van der Waals surface area contributed by atoms with Gasteiger partial charge in [-0.15, -0.1) is 0 Å². The van der Waals surface area contributed by atoms with E-state index in [4.69, 9.17) is 17.3 Å². The molecule has 1 amide bonds. The van der Waals surface area contributed by atoms with Gasteiger partial charge in [0.1, 0.15) is 0 Å². The quantitative estimate of drug-likeness (QED) is 0.928. The van der Waals surface area contributed by atoms with E-state index in [9.17, 15) is 4.79 Å². The molecule has 0 saturated heterocycles. The largest absolute Gasteiger partial charge is 0.397 e. The average Bonchev–Trinajstić information content (AvgIpc) is 2.47. The fraction of sp³-hybridized carbons (Fsp3) is 0.250. The molecule has 108 valence electrons. The molecule has 1 aliphatic rings. The molecule has 2 aromatic rings. The van der Waals surface area contributed by atoms with Gasteiger partial charge in [0, 0.05) is 17.1 Å². The summed E-state index contributed by atoms with van der Waals surface area (Å²) in [4.78, 5) is 18.5. The van der Waals surface area contributed by atoms with Crippen molar-refractivity contribution in [3.05, 3.63) is 52.8 Å². The van der Waals surface area contributed by atoms with E-state index in [2.05, 4.69) is 4.98 Å². The summed E-state index contributed by atoms with van der Waals surface area (Å²) >= 11 is 5.96. The van der Waals surface area contributed by atoms with Crippen LogP contribution in [0.3, 0.4) is 0 Å². The number of aromatic nitrogens is 1. The Hall–Kier alpha value is -2.07. The highest BCUT2D eigenvalue weighted by atomic mass is 35.5. The maximum Gasteiger partial charge on any atom is 0.231 e. The van der Waals surface area contributed by atoms with Gasteiger partial charge in [0.25, 0.3) is 0 Å². The van der Waals surface area contributed by atoms with E-state index in [1.807, 2.05) is 18.2 Å². The molecule has 2 N–H and O–H groups in total. The Balaban J connectivity index is 1.85. The Labute approximate surface area is 128 Å². The first-order valence-corrected chi connectivity index (χ1v) is 7.30. The molecule has 1 aromatic heterocycles. The lowest BCUT2D eigenvalue weighted by atomic mass is 10.0. The number of nitrogen functional groups attached to an aromatic ring is 1. The van der Waals surface area contributed by atoms with Crippen molar-refractivity contribution in [2.24, 2.45) is 0 Å². The third-order valence-corrected chi connectivity index (χ3v) is 3.95. The van der Waals surface area contributed by atoms with Crippen molar-refractivity contribution in [1.82, 2.24) is 4.98 Å². The smallest absolute Gasteiger partial charge is 0.231 e. The SMILES string of the molecule is Nc1cncc2c1CCCN2C(=O)Cc1cccc(Cl)c1. The Morgan fingerprint density at radius 3 is 3.05 bits per heavy atom. The molecular weight excluding hydrogens is 286 g/mol. The maximum absolute atomic E-state index is 12.6. The van der Waals surface area contributed by atoms with Crippen LogP contribution >= 0.6 is 11.6 Å². The number of halogens is 1. The van der Waals surface area contributed by atoms with Crippen LogP contribution in [0.1, 0.15) is 17.5 Å². The number of amides is 1. The van der Waals surface area contributed by atoms with E-state index in [0.717, 1.165) is 29.7 Å². The van der Waals surface area contributed by atoms with Crippen LogP contribution in [0.25, 0.3) is 0 Å². The van der Waals surface area contributed by atoms with Crippen LogP contribution in [0, 0.1) is 0 Å². The zero-order chi connectivity index (χ0) is 14.8. The van der Waals surface area contributed by atoms with Gasteiger partial charge < -0.3 is 10.6 Å². The Bertz CT molecular complexity index is 687. The van der Waals surface area contributed by atoms with Gasteiger partial charge in [-0.05, 0) is 30.5 Å². The summed E-state index contributed by atoms with van der Waals surface area (Å²) in [6.45, 7) is 0.706. The van der Waals surface area contributed by atoms with E-state index in [0.29, 0.717) is 23.7 Å². The number of fused-ring (bicyclic) bond motifs is 1. The van der Waals surface area contributed by atoms with Gasteiger partial charge >= 0.3 is 0 Å². The minimum atomic E-state index is 0.0469. The van der Waals surface area contributed by atoms with Crippen molar-refractivity contribution < 1.29 is 4.79 Å². The lowest BCUT2D eigenvalue weighted by Crippen LogP contribution is -2.36. The molecule has 4 nitrogen and oxygen atoms in total. The summed E-state index contributed by atoms with van der Waals surface area (Å²) in [6, 6.07) is 7.39. The number of nitrogens with two attached hydrogens (primary N) is 1. The summed E-state index contributed by atoms with van der Waals surface area (Å²) in [5, 5.41) is 0.644. The van der Waals surface area contributed by atoms with Gasteiger partial charge in [-0.1, -0.05) is 23.7 Å². The Morgan fingerprint density at radius 2 is 2.24 bits per heavy atom. The topological polar surface area (TPSA) is 59.2 Å². The highest BCUT2D eigenvalue weighted by molar-refractivity contribution is 6.30. The van der Waals surface area contributed by atoms with Gasteiger partial charge in [-0.3, -0.25) is 9.78 Å². The Kier molecular flexibility index (Phi) is 3.80. The molecule has 21 heavy (non-hydrogen) atoms. The molecule has 0 radical (unpaired) electrons. The predicted molar refractivity (Wildman–Crippen MR) is 84.5 cm³/mol. The zero-order valence-corrected chi connectivity index (χ0v) is 12.3. The second-order valence-electron chi connectivity index (χ2n) is 5.18. The second kappa shape index (κ2) is 5.74. The summed E-state index contributed by atoms with van der Waals surface area (Å²) in [6.07, 6.45) is 5.51. The first kappa shape index (κ1) is 13.9. The number of anilines is 2. The molecule has 0 fully saturated rings. The molecule has 0 spiro atoms. The van der Waals surface area contributed by atoms with Gasteiger partial charge in [-0.25, -0.2) is 0 Å². The third-order valence-electron chi connectivity index (χ3n) is 3.71. The van der Waals surface area contributed by atoms with E-state index >= 15 is 0 Å². The highest BCUT2D eigenvalue weighted by Gasteiger charge is 2.24. The lowest BCUT2D eigenvalue weighted by molar-refractivity contribution is -0.118. The van der Waals surface area contributed by atoms with Crippen molar-refractivity contribution in [2.45, 2.75) is 19.3 Å². The van der Waals surface area contributed by atoms with Crippen LogP contribution in [0.15, 0.2) is 36.7 Å². The first-order chi connectivity index (χ1) is 10.1. The number of hydrogen-bond acceptors (Lipinski definition) is 3. The molecule has 0 saturated carbocycles. The first-order valence-electron chi connectivity index (χ1n) is 6.92. The van der Waals surface area contributed by atoms with Crippen LogP contribution in [0.5, 0.6) is 0 Å². The highest BCUT2D eigenvalue weighted by Crippen LogP contribution is 2.30. The van der Waals surface area contributed by atoms with Crippen LogP contribution < -0.4 is 10.6 Å². The lowest BCUT2D eigenvalue weighted by Gasteiger charge is -2.29. The minimum absolute atomic E-state index is 0.0469. The molecule has 5 heteroatoms. The fourth-order valence-electron chi connectivity index (χ4n) is 2.71. The van der Waals surface area contributed by atoms with Crippen LogP contribution in [0.4, 0.5) is 11.4 Å². The zero-order valence-electron chi connectivity index (χ0n) is 11.6. The van der Waals surface area contributed by atoms with E-state index in [1.54, 1.807) is 23.4 Å². The van der Waals surface area contributed by atoms with Crippen molar-refractivity contribution in [1.29, 1.82) is 0 Å². The predicted octanol–water partition coefficient (Wildman–Crippen LogP) is 2.84. The molecule has 1 aliphatic heterocycles. The monoisotopic (exact) mass is 301 g/mol. The number of benzene rings is 1. The Morgan fingerprint density at radius 1 is 1.38 bits per heavy atom. The van der Waals surface area contributed by atoms with Gasteiger partial charge in [0.2, 0.25) is 5.91 Å². The third kappa shape index (κ3) is 2.85. The minimum Gasteiger partial charge on any atom is -0.397 e. The van der Waals surface area contributed by atoms with Gasteiger partial charge in [-0.2, -0.15) is 0 Å². The molecule has 1 aromatic carbocycles. The van der Waals surface area contributed by atoms with E-state index in [1.165, 1.54) is 0 Å². The summed E-state index contributed by atoms with van der Waals surface area (Å²) in [5.74, 6) is 0.0469. The number of pyridine rings is 1. The summed E-state index contributed by atoms with van der Waals surface area (Å²) < 4.78 is 0. The molecule has 0 aliphatic carbocycles. The molecule has 0 atom stereocenters. The fourth-order valence-corrected chi connectivity index (χ4v) is 2.92. The van der Waals surface area contributed by atoms with Crippen LogP contribution in [-0.4, -0.2) is 17.4 Å². The van der Waals surface area contributed by atoms with Gasteiger partial charge in [0.05, 0.1) is 30.2 Å². The van der Waals surface area contributed by atoms with E-state index < -0.39 is 0 Å². The van der Waals surface area contributed by atoms with Crippen molar-refractivity contribution in [2.75, 3.05) is 17.2 Å². The summed E-state index contributed by atoms with van der Waals surface area (Å²) in [7, 11) is 0. The number of nitrogens with zero attached hydrogens (tertiary/aromatic N) is 2. The van der Waals surface area contributed by atoms with Crippen LogP contribution in [-0.2, 0) is 17.6 Å². The second-order valence-corrected chi connectivity index (χ2v) is 5.62. The molecule has 0 unspecified atom stereocenters. The molecule has 2 heterocycles. The van der Waals surface area contributed by atoms with E-state index in [-0.39, 0.29) is 5.91 Å². The van der Waals surface area contributed by atoms with Gasteiger partial charge in [0.15, 0.2) is 0 Å². The average molecular weight is 302 g/mol. The standard InChI is InChI=1S/C16H16ClN3O/c17-12-4-1-3-11(7-12)8-16(21)20-6-2-5-13-14(18)9-19-10-15(13)20/h1,3-4,7,9-10H,2,5-6,8,18H2. The number of rotatable bonds is 2. The van der Waals surface area contributed by atoms with Crippen LogP contribution in [0.2, 0.25) is 5.02 Å². The number of carbonyl (C=O) groups is 1. The van der Waals surface area contributed by atoms with Crippen molar-refractivity contribution >= 4 is 28.9 Å². The van der Waals surface area contributed by atoms with Crippen molar-refractivity contribution in [3.63, 3.8) is 0 Å². The van der Waals surface area contributed by atoms with Crippen molar-refractivity contribution in [3.8, 4) is 0 Å². The summed E-state index contributed by atoms with van der Waals surface area (Å²) in [5.41, 5.74) is 9.40. The molecular formula is C16H16ClN3O. The number of carbonyl (C=O) groups excluding carboxylic acids is 1. The maximum atomic E-state index is 12.6. The normalized spacial score (nSPS) is 13.9. The number of hydrogen-bond donors (Lipinski definition) is 1. The molecule has 3 rings (SSSR count).